The van der Waals surface area contributed by atoms with Crippen LogP contribution in [0.2, 0.25) is 0 Å². The Morgan fingerprint density at radius 1 is 1.42 bits per heavy atom. The first kappa shape index (κ1) is 14.0. The molecular formula is C15H22N2O2. The number of anilines is 1. The van der Waals surface area contributed by atoms with Gasteiger partial charge >= 0.3 is 0 Å². The number of aliphatic hydroxyl groups excluding tert-OH is 1. The zero-order valence-electron chi connectivity index (χ0n) is 11.8. The zero-order valence-corrected chi connectivity index (χ0v) is 11.8. The number of benzene rings is 1. The van der Waals surface area contributed by atoms with Gasteiger partial charge in [0.2, 0.25) is 5.91 Å². The first-order valence-electron chi connectivity index (χ1n) is 6.79. The first-order valence-corrected chi connectivity index (χ1v) is 6.79. The molecular weight excluding hydrogens is 240 g/mol. The predicted molar refractivity (Wildman–Crippen MR) is 76.4 cm³/mol. The van der Waals surface area contributed by atoms with Gasteiger partial charge in [0.25, 0.3) is 0 Å². The Bertz CT molecular complexity index is 473. The average molecular weight is 262 g/mol. The van der Waals surface area contributed by atoms with E-state index in [4.69, 9.17) is 5.11 Å². The van der Waals surface area contributed by atoms with E-state index < -0.39 is 0 Å². The molecule has 4 heteroatoms. The Morgan fingerprint density at radius 2 is 2.16 bits per heavy atom. The van der Waals surface area contributed by atoms with Gasteiger partial charge in [0.1, 0.15) is 0 Å². The molecule has 1 aromatic carbocycles. The van der Waals surface area contributed by atoms with E-state index in [0.717, 1.165) is 17.8 Å². The van der Waals surface area contributed by atoms with Crippen LogP contribution in [0.15, 0.2) is 18.2 Å². The quantitative estimate of drug-likeness (QED) is 0.865. The van der Waals surface area contributed by atoms with Crippen LogP contribution >= 0.6 is 0 Å². The number of aryl methyl sites for hydroxylation is 2. The van der Waals surface area contributed by atoms with Crippen LogP contribution in [0.5, 0.6) is 0 Å². The minimum Gasteiger partial charge on any atom is -0.396 e. The van der Waals surface area contributed by atoms with Crippen molar-refractivity contribution in [1.82, 2.24) is 5.32 Å². The number of carbonyl (C=O) groups is 1. The molecule has 0 radical (unpaired) electrons. The monoisotopic (exact) mass is 262 g/mol. The van der Waals surface area contributed by atoms with Crippen molar-refractivity contribution >= 4 is 11.6 Å². The van der Waals surface area contributed by atoms with Crippen molar-refractivity contribution in [1.29, 1.82) is 0 Å². The van der Waals surface area contributed by atoms with Crippen molar-refractivity contribution in [2.45, 2.75) is 39.3 Å². The van der Waals surface area contributed by atoms with Gasteiger partial charge in [0.05, 0.1) is 6.04 Å². The predicted octanol–water partition coefficient (Wildman–Crippen LogP) is 1.38. The molecule has 0 spiro atoms. The van der Waals surface area contributed by atoms with Crippen molar-refractivity contribution in [3.05, 3.63) is 29.3 Å². The molecule has 104 valence electrons. The standard InChI is InChI=1S/C15H22N2O2/c1-10-4-5-14(11(2)8-10)17-12(3)9-16-13(6-7-18)15(17)19/h4-5,8,12-13,16,18H,6-7,9H2,1-3H3. The van der Waals surface area contributed by atoms with Gasteiger partial charge in [-0.3, -0.25) is 4.79 Å². The average Bonchev–Trinajstić information content (AvgIpc) is 2.35. The minimum atomic E-state index is -0.276. The molecule has 1 saturated heterocycles. The lowest BCUT2D eigenvalue weighted by Gasteiger charge is -2.39. The molecule has 0 saturated carbocycles. The van der Waals surface area contributed by atoms with E-state index in [1.165, 1.54) is 5.56 Å². The van der Waals surface area contributed by atoms with Gasteiger partial charge in [-0.05, 0) is 38.8 Å². The van der Waals surface area contributed by atoms with Crippen LogP contribution < -0.4 is 10.2 Å². The summed E-state index contributed by atoms with van der Waals surface area (Å²) in [6.45, 7) is 6.90. The molecule has 1 heterocycles. The SMILES string of the molecule is Cc1ccc(N2C(=O)C(CCO)NCC2C)c(C)c1. The Labute approximate surface area is 114 Å². The maximum atomic E-state index is 12.5. The number of amides is 1. The molecule has 1 aromatic rings. The van der Waals surface area contributed by atoms with Gasteiger partial charge in [-0.15, -0.1) is 0 Å². The molecule has 0 bridgehead atoms. The second-order valence-corrected chi connectivity index (χ2v) is 5.32. The van der Waals surface area contributed by atoms with Gasteiger partial charge in [0.15, 0.2) is 0 Å². The van der Waals surface area contributed by atoms with Crippen LogP contribution in [0.25, 0.3) is 0 Å². The number of aliphatic hydroxyl groups is 1. The number of nitrogens with zero attached hydrogens (tertiary/aromatic N) is 1. The maximum Gasteiger partial charge on any atom is 0.244 e. The molecule has 2 rings (SSSR count). The molecule has 1 amide bonds. The second kappa shape index (κ2) is 5.72. The largest absolute Gasteiger partial charge is 0.396 e. The maximum absolute atomic E-state index is 12.5. The second-order valence-electron chi connectivity index (χ2n) is 5.32. The highest BCUT2D eigenvalue weighted by molar-refractivity contribution is 5.99. The number of hydrogen-bond donors (Lipinski definition) is 2. The van der Waals surface area contributed by atoms with E-state index in [1.54, 1.807) is 0 Å². The third-order valence-electron chi connectivity index (χ3n) is 3.67. The zero-order chi connectivity index (χ0) is 14.0. The number of rotatable bonds is 3. The number of nitrogens with one attached hydrogen (secondary N) is 1. The van der Waals surface area contributed by atoms with Gasteiger partial charge in [-0.25, -0.2) is 0 Å². The first-order chi connectivity index (χ1) is 9.04. The molecule has 1 aliphatic rings. The molecule has 0 aliphatic carbocycles. The third kappa shape index (κ3) is 2.80. The highest BCUT2D eigenvalue weighted by atomic mass is 16.3. The molecule has 0 aromatic heterocycles. The van der Waals surface area contributed by atoms with Crippen molar-refractivity contribution in [2.75, 3.05) is 18.1 Å². The van der Waals surface area contributed by atoms with Crippen molar-refractivity contribution in [3.8, 4) is 0 Å². The van der Waals surface area contributed by atoms with E-state index in [2.05, 4.69) is 11.4 Å². The van der Waals surface area contributed by atoms with E-state index >= 15 is 0 Å². The Hall–Kier alpha value is -1.39. The summed E-state index contributed by atoms with van der Waals surface area (Å²) in [5.74, 6) is 0.0553. The fourth-order valence-electron chi connectivity index (χ4n) is 2.66. The van der Waals surface area contributed by atoms with Crippen LogP contribution in [0.1, 0.15) is 24.5 Å². The van der Waals surface area contributed by atoms with Crippen LogP contribution in [0, 0.1) is 13.8 Å². The van der Waals surface area contributed by atoms with Gasteiger partial charge < -0.3 is 15.3 Å². The van der Waals surface area contributed by atoms with E-state index in [9.17, 15) is 4.79 Å². The van der Waals surface area contributed by atoms with E-state index in [-0.39, 0.29) is 24.6 Å². The fraction of sp³-hybridized carbons (Fsp3) is 0.533. The lowest BCUT2D eigenvalue weighted by Crippen LogP contribution is -2.60. The number of hydrogen-bond acceptors (Lipinski definition) is 3. The van der Waals surface area contributed by atoms with Crippen molar-refractivity contribution < 1.29 is 9.90 Å². The fourth-order valence-corrected chi connectivity index (χ4v) is 2.66. The smallest absolute Gasteiger partial charge is 0.244 e. The molecule has 4 nitrogen and oxygen atoms in total. The summed E-state index contributed by atoms with van der Waals surface area (Å²) in [7, 11) is 0. The minimum absolute atomic E-state index is 0.0263. The Kier molecular flexibility index (Phi) is 4.22. The van der Waals surface area contributed by atoms with Gasteiger partial charge in [-0.1, -0.05) is 17.7 Å². The molecule has 1 aliphatic heterocycles. The van der Waals surface area contributed by atoms with Gasteiger partial charge in [-0.2, -0.15) is 0 Å². The van der Waals surface area contributed by atoms with Crippen LogP contribution in [0.4, 0.5) is 5.69 Å². The Morgan fingerprint density at radius 3 is 2.79 bits per heavy atom. The summed E-state index contributed by atoms with van der Waals surface area (Å²) < 4.78 is 0. The highest BCUT2D eigenvalue weighted by Crippen LogP contribution is 2.26. The normalized spacial score (nSPS) is 23.8. The van der Waals surface area contributed by atoms with Crippen LogP contribution in [-0.4, -0.2) is 36.2 Å². The topological polar surface area (TPSA) is 52.6 Å². The Balaban J connectivity index is 2.32. The summed E-state index contributed by atoms with van der Waals surface area (Å²) in [6.07, 6.45) is 0.465. The molecule has 19 heavy (non-hydrogen) atoms. The summed E-state index contributed by atoms with van der Waals surface area (Å²) in [6, 6.07) is 6.00. The number of carbonyl (C=O) groups excluding carboxylic acids is 1. The van der Waals surface area contributed by atoms with Crippen molar-refractivity contribution in [2.24, 2.45) is 0 Å². The third-order valence-corrected chi connectivity index (χ3v) is 3.67. The lowest BCUT2D eigenvalue weighted by molar-refractivity contribution is -0.122. The number of piperazine rings is 1. The highest BCUT2D eigenvalue weighted by Gasteiger charge is 2.33. The van der Waals surface area contributed by atoms with Gasteiger partial charge in [0, 0.05) is 24.9 Å². The molecule has 2 unspecified atom stereocenters. The van der Waals surface area contributed by atoms with Crippen LogP contribution in [-0.2, 0) is 4.79 Å². The molecule has 2 atom stereocenters. The summed E-state index contributed by atoms with van der Waals surface area (Å²) >= 11 is 0. The lowest BCUT2D eigenvalue weighted by atomic mass is 10.0. The molecule has 2 N–H and O–H groups in total. The van der Waals surface area contributed by atoms with Crippen LogP contribution in [0.3, 0.4) is 0 Å². The van der Waals surface area contributed by atoms with Crippen molar-refractivity contribution in [3.63, 3.8) is 0 Å². The summed E-state index contributed by atoms with van der Waals surface area (Å²) in [5.41, 5.74) is 3.29. The molecule has 1 fully saturated rings. The van der Waals surface area contributed by atoms with E-state index in [1.807, 2.05) is 37.8 Å². The summed E-state index contributed by atoms with van der Waals surface area (Å²) in [5, 5.41) is 12.2. The summed E-state index contributed by atoms with van der Waals surface area (Å²) in [4.78, 5) is 14.4. The van der Waals surface area contributed by atoms with E-state index in [0.29, 0.717) is 6.42 Å².